The summed E-state index contributed by atoms with van der Waals surface area (Å²) in [5, 5.41) is 7.80. The number of thiocarbonyl (C=S) groups is 1. The summed E-state index contributed by atoms with van der Waals surface area (Å²) in [5.41, 5.74) is 9.27. The molecule has 7 N–H and O–H groups in total. The third kappa shape index (κ3) is 17.0. The number of amides is 3. The maximum absolute atomic E-state index is 14.3. The van der Waals surface area contributed by atoms with Gasteiger partial charge in [0.05, 0.1) is 37.6 Å². The lowest BCUT2D eigenvalue weighted by Gasteiger charge is -2.46. The number of aliphatic imine (C=N–C) groups is 2. The van der Waals surface area contributed by atoms with E-state index in [4.69, 9.17) is 42.1 Å². The lowest BCUT2D eigenvalue weighted by atomic mass is 9.61. The van der Waals surface area contributed by atoms with E-state index in [1.165, 1.54) is 24.8 Å². The highest BCUT2D eigenvalue weighted by molar-refractivity contribution is 14.0. The van der Waals surface area contributed by atoms with Gasteiger partial charge in [0.15, 0.2) is 32.9 Å². The minimum atomic E-state index is -4.54. The van der Waals surface area contributed by atoms with Crippen LogP contribution in [0.3, 0.4) is 0 Å². The van der Waals surface area contributed by atoms with Crippen LogP contribution in [0.25, 0.3) is 0 Å². The lowest BCUT2D eigenvalue weighted by molar-refractivity contribution is -0.147. The van der Waals surface area contributed by atoms with Crippen molar-refractivity contribution >= 4 is 97.8 Å². The second kappa shape index (κ2) is 32.6. The zero-order chi connectivity index (χ0) is 73.5. The molecule has 6 spiro atoms. The second-order valence-electron chi connectivity index (χ2n) is 29.9. The summed E-state index contributed by atoms with van der Waals surface area (Å²) in [6, 6.07) is 17.9. The summed E-state index contributed by atoms with van der Waals surface area (Å²) in [5.74, 6) is 19.2. The van der Waals surface area contributed by atoms with E-state index < -0.39 is 95.9 Å². The summed E-state index contributed by atoms with van der Waals surface area (Å²) >= 11 is 9.32. The van der Waals surface area contributed by atoms with E-state index in [-0.39, 0.29) is 70.9 Å². The number of carbonyl (C=O) groups is 3. The lowest BCUT2D eigenvalue weighted by Crippen LogP contribution is -2.56. The number of nitrogens with two attached hydrogens (primary N) is 1. The van der Waals surface area contributed by atoms with E-state index in [0.717, 1.165) is 119 Å². The molecule has 12 aliphatic rings. The molecule has 14 nitrogen and oxygen atoms in total. The van der Waals surface area contributed by atoms with Crippen molar-refractivity contribution in [2.45, 2.75) is 221 Å². The van der Waals surface area contributed by atoms with Crippen LogP contribution in [0.5, 0.6) is 0 Å². The SMILES string of the molecule is CCCBr.COC1CCC2(CC1)Cc1ccc(C#CC3CC3)cc1C21N=C(N)N(CCC(F)(F)F)C1=O.COC1CCC2(CC1)Cc1ccc(C#CC3CC3)cc1C21N=C(SCCC(F)(F)F)N(CCC(F)(F)F)C1=O.COC1CCC2(CC1)Cc1ccc(C#CC3CC3)cc1C21NC(=S)NC1=O.I.N. The van der Waals surface area contributed by atoms with Gasteiger partial charge in [-0.2, -0.15) is 39.5 Å². The smallest absolute Gasteiger partial charge is 0.381 e. The number of guanidine groups is 1. The van der Waals surface area contributed by atoms with Gasteiger partial charge in [-0.25, -0.2) is 9.98 Å². The molecule has 0 radical (unpaired) electrons. The van der Waals surface area contributed by atoms with Crippen molar-refractivity contribution in [2.75, 3.05) is 45.5 Å². The van der Waals surface area contributed by atoms with E-state index in [0.29, 0.717) is 97.1 Å². The number of methoxy groups -OCH3 is 3. The Labute approximate surface area is 644 Å². The molecule has 3 heterocycles. The molecule has 7 fully saturated rings. The quantitative estimate of drug-likeness (QED) is 0.0496. The Morgan fingerprint density at radius 3 is 1.30 bits per heavy atom. The fraction of sp³-hybridized carbons (Fsp3) is 0.615. The largest absolute Gasteiger partial charge is 0.390 e. The predicted octanol–water partition coefficient (Wildman–Crippen LogP) is 15.8. The number of halogens is 11. The highest BCUT2D eigenvalue weighted by Crippen LogP contribution is 2.65. The van der Waals surface area contributed by atoms with E-state index in [1.807, 2.05) is 36.4 Å². The van der Waals surface area contributed by atoms with Crippen LogP contribution in [0.2, 0.25) is 0 Å². The fourth-order valence-electron chi connectivity index (χ4n) is 17.2. The molecule has 1 saturated heterocycles. The number of hydrogen-bond donors (Lipinski definition) is 4. The molecular formula is C78H93BrF9IN8O6S2. The molecule has 3 aromatic carbocycles. The first-order chi connectivity index (χ1) is 49.0. The van der Waals surface area contributed by atoms with Crippen molar-refractivity contribution in [1.82, 2.24) is 26.6 Å². The first kappa shape index (κ1) is 82.1. The molecule has 570 valence electrons. The summed E-state index contributed by atoms with van der Waals surface area (Å²) in [6.45, 7) is 0.927. The first-order valence-electron chi connectivity index (χ1n) is 36.2. The standard InChI is InChI=1S/C28H30F6N2O2S.C25H28F3N3O2.C22H24N2O2S.C3H7Br.HI.H3N/c1-38-21-8-10-25(11-9-21)17-20-7-6-19(5-4-18-2-3-18)16-22(20)28(25)23(37)36(14-12-26(29,30)31)24(35-28)39-15-13-27(32,33)34;1-33-19-8-10-23(11-9-19)15-18-7-6-17(5-4-16-2-3-16)14-20(18)25(23)21(32)31(22(29)30-25)13-12-24(26,27)28;1-26-17-8-10-21(11-9-17)13-16-7-6-15(5-4-14-2-3-14)12-18(16)22(21)19(25)23-20(27)24-22;1-2-3-4;;/h6-7,16,18,21H,2-3,8-15,17H2,1H3;6-7,14,16,19H,2-3,8-13,15H2,1H3,(H2,29,30);6-7,12,14,17H,2-3,8-11,13H2,1H3,(H2,23,24,25,27);2-3H2,1H3;1H;1H3. The number of amidine groups is 1. The molecule has 0 bridgehead atoms. The average Bonchev–Trinajstić information content (AvgIpc) is 1.51. The molecule has 15 rings (SSSR count). The van der Waals surface area contributed by atoms with E-state index in [1.54, 1.807) is 21.3 Å². The van der Waals surface area contributed by atoms with Crippen LogP contribution in [0.15, 0.2) is 64.6 Å². The molecule has 3 amide bonds. The minimum absolute atomic E-state index is 0. The van der Waals surface area contributed by atoms with Gasteiger partial charge in [-0.05, 0) is 223 Å². The summed E-state index contributed by atoms with van der Waals surface area (Å²) in [6.07, 6.45) is 2.74. The molecule has 6 saturated carbocycles. The number of rotatable bonds is 10. The van der Waals surface area contributed by atoms with Gasteiger partial charge in [-0.3, -0.25) is 24.2 Å². The van der Waals surface area contributed by atoms with Crippen LogP contribution in [-0.4, -0.2) is 126 Å². The zero-order valence-corrected chi connectivity index (χ0v) is 65.2. The van der Waals surface area contributed by atoms with E-state index >= 15 is 0 Å². The van der Waals surface area contributed by atoms with Crippen LogP contribution in [0, 0.1) is 69.5 Å². The number of thioether (sulfide) groups is 1. The van der Waals surface area contributed by atoms with Crippen LogP contribution in [-0.2, 0) is 64.5 Å². The molecule has 3 aromatic rings. The van der Waals surface area contributed by atoms with Gasteiger partial charge in [-0.15, -0.1) is 24.0 Å². The molecular weight excluding hydrogens is 1590 g/mol. The maximum Gasteiger partial charge on any atom is 0.390 e. The van der Waals surface area contributed by atoms with E-state index in [9.17, 15) is 53.9 Å². The zero-order valence-electron chi connectivity index (χ0n) is 59.7. The van der Waals surface area contributed by atoms with Gasteiger partial charge in [0.25, 0.3) is 17.7 Å². The van der Waals surface area contributed by atoms with Crippen molar-refractivity contribution in [3.05, 3.63) is 105 Å². The van der Waals surface area contributed by atoms with Crippen molar-refractivity contribution in [3.63, 3.8) is 0 Å². The van der Waals surface area contributed by atoms with Crippen molar-refractivity contribution in [2.24, 2.45) is 49.7 Å². The average molecular weight is 1680 g/mol. The van der Waals surface area contributed by atoms with Gasteiger partial charge in [0.1, 0.15) is 0 Å². The number of nitrogens with one attached hydrogen (secondary N) is 2. The maximum atomic E-state index is 14.3. The van der Waals surface area contributed by atoms with Gasteiger partial charge in [0.2, 0.25) is 0 Å². The van der Waals surface area contributed by atoms with Crippen LogP contribution >= 0.6 is 63.9 Å². The van der Waals surface area contributed by atoms with E-state index in [2.05, 4.69) is 87.2 Å². The van der Waals surface area contributed by atoms with Crippen molar-refractivity contribution in [1.29, 1.82) is 0 Å². The number of hydrogen-bond acceptors (Lipinski definition) is 12. The monoisotopic (exact) mass is 1680 g/mol. The third-order valence-corrected chi connectivity index (χ3v) is 25.1. The molecule has 105 heavy (non-hydrogen) atoms. The first-order valence-corrected chi connectivity index (χ1v) is 38.7. The summed E-state index contributed by atoms with van der Waals surface area (Å²) in [4.78, 5) is 53.1. The van der Waals surface area contributed by atoms with Crippen LogP contribution < -0.4 is 22.5 Å². The van der Waals surface area contributed by atoms with Gasteiger partial charge in [-0.1, -0.05) is 88.3 Å². The second-order valence-corrected chi connectivity index (χ2v) is 32.2. The van der Waals surface area contributed by atoms with Gasteiger partial charge in [0, 0.05) is 96.2 Å². The normalized spacial score (nSPS) is 29.4. The number of ether oxygens (including phenoxy) is 3. The molecule has 3 unspecified atom stereocenters. The number of fused-ring (bicyclic) bond motifs is 9. The molecule has 0 aromatic heterocycles. The molecule has 3 atom stereocenters. The Hall–Kier alpha value is -5.45. The summed E-state index contributed by atoms with van der Waals surface area (Å²) in [7, 11) is 5.09. The highest BCUT2D eigenvalue weighted by atomic mass is 127. The highest BCUT2D eigenvalue weighted by Gasteiger charge is 2.70. The third-order valence-electron chi connectivity index (χ3n) is 23.2. The van der Waals surface area contributed by atoms with Gasteiger partial charge >= 0.3 is 18.5 Å². The Bertz CT molecular complexity index is 4010. The Kier molecular flexibility index (Phi) is 25.5. The Morgan fingerprint density at radius 1 is 0.571 bits per heavy atom. The summed E-state index contributed by atoms with van der Waals surface area (Å²) < 4.78 is 134. The van der Waals surface area contributed by atoms with Crippen LogP contribution in [0.1, 0.15) is 198 Å². The number of benzene rings is 3. The van der Waals surface area contributed by atoms with Crippen LogP contribution in [0.4, 0.5) is 39.5 Å². The predicted molar refractivity (Wildman–Crippen MR) is 405 cm³/mol. The Balaban J connectivity index is 0.000000165. The van der Waals surface area contributed by atoms with Gasteiger partial charge < -0.3 is 36.7 Å². The Morgan fingerprint density at radius 2 is 0.933 bits per heavy atom. The minimum Gasteiger partial charge on any atom is -0.381 e. The van der Waals surface area contributed by atoms with Crippen molar-refractivity contribution in [3.8, 4) is 35.5 Å². The molecule has 27 heteroatoms. The molecule has 3 aliphatic heterocycles. The number of nitrogens with zero attached hydrogens (tertiary/aromatic N) is 4. The van der Waals surface area contributed by atoms with Crippen molar-refractivity contribution < 1.29 is 68.1 Å². The number of alkyl halides is 10. The number of carbonyl (C=O) groups excluding carboxylic acids is 3. The topological polar surface area (TPSA) is 195 Å². The molecule has 9 aliphatic carbocycles. The fourth-order valence-corrected chi connectivity index (χ4v) is 18.5.